The lowest BCUT2D eigenvalue weighted by atomic mass is 9.33. The Labute approximate surface area is 206 Å². The van der Waals surface area contributed by atoms with Crippen LogP contribution in [0.15, 0.2) is 11.6 Å². The SMILES string of the molecule is CC1(C)CC[C@@]2(C(=O)O)CC[C@]3(C)C(=CCC4[C@]5(C)C[C@@H](O)C(O)C(C)(C)[C@@H]5CC[C@@]43C)[C@@H]2C1. The van der Waals surface area contributed by atoms with Crippen LogP contribution in [0, 0.1) is 50.2 Å². The number of aliphatic hydroxyl groups is 2. The van der Waals surface area contributed by atoms with Crippen LogP contribution in [0.2, 0.25) is 0 Å². The molecule has 4 fully saturated rings. The van der Waals surface area contributed by atoms with Crippen LogP contribution in [-0.2, 0) is 4.79 Å². The van der Waals surface area contributed by atoms with E-state index in [1.54, 1.807) is 0 Å². The molecular weight excluding hydrogens is 424 g/mol. The summed E-state index contributed by atoms with van der Waals surface area (Å²) in [6, 6.07) is 0. The average molecular weight is 473 g/mol. The van der Waals surface area contributed by atoms with Crippen molar-refractivity contribution in [2.24, 2.45) is 50.2 Å². The minimum absolute atomic E-state index is 0.00785. The molecule has 192 valence electrons. The third-order valence-corrected chi connectivity index (χ3v) is 13.0. The summed E-state index contributed by atoms with van der Waals surface area (Å²) in [7, 11) is 0. The van der Waals surface area contributed by atoms with Crippen LogP contribution in [0.3, 0.4) is 0 Å². The van der Waals surface area contributed by atoms with Crippen LogP contribution >= 0.6 is 0 Å². The second kappa shape index (κ2) is 7.12. The van der Waals surface area contributed by atoms with E-state index in [0.29, 0.717) is 18.3 Å². The predicted molar refractivity (Wildman–Crippen MR) is 134 cm³/mol. The zero-order valence-electron chi connectivity index (χ0n) is 22.6. The summed E-state index contributed by atoms with van der Waals surface area (Å²) in [6.07, 6.45) is 9.45. The van der Waals surface area contributed by atoms with Crippen LogP contribution in [0.1, 0.15) is 106 Å². The normalized spacial score (nSPS) is 53.4. The highest BCUT2D eigenvalue weighted by Crippen LogP contribution is 2.75. The van der Waals surface area contributed by atoms with Crippen molar-refractivity contribution in [3.8, 4) is 0 Å². The van der Waals surface area contributed by atoms with Crippen molar-refractivity contribution in [2.45, 2.75) is 118 Å². The van der Waals surface area contributed by atoms with Gasteiger partial charge in [0.2, 0.25) is 0 Å². The van der Waals surface area contributed by atoms with E-state index < -0.39 is 23.6 Å². The highest BCUT2D eigenvalue weighted by Gasteiger charge is 2.70. The fourth-order valence-corrected chi connectivity index (χ4v) is 10.8. The monoisotopic (exact) mass is 472 g/mol. The van der Waals surface area contributed by atoms with Gasteiger partial charge < -0.3 is 15.3 Å². The van der Waals surface area contributed by atoms with Crippen LogP contribution in [0.4, 0.5) is 0 Å². The van der Waals surface area contributed by atoms with Gasteiger partial charge in [0.05, 0.1) is 17.6 Å². The number of carboxylic acid groups (broad SMARTS) is 1. The van der Waals surface area contributed by atoms with Gasteiger partial charge in [-0.25, -0.2) is 0 Å². The Morgan fingerprint density at radius 1 is 0.882 bits per heavy atom. The third-order valence-electron chi connectivity index (χ3n) is 13.0. The van der Waals surface area contributed by atoms with E-state index in [1.165, 1.54) is 5.57 Å². The molecule has 0 heterocycles. The molecule has 4 heteroatoms. The molecule has 0 saturated heterocycles. The van der Waals surface area contributed by atoms with Crippen molar-refractivity contribution in [3.05, 3.63) is 11.6 Å². The molecule has 34 heavy (non-hydrogen) atoms. The van der Waals surface area contributed by atoms with E-state index in [4.69, 9.17) is 0 Å². The molecule has 3 N–H and O–H groups in total. The van der Waals surface area contributed by atoms with Crippen LogP contribution in [-0.4, -0.2) is 33.5 Å². The summed E-state index contributed by atoms with van der Waals surface area (Å²) in [6.45, 7) is 16.3. The molecule has 0 bridgehead atoms. The summed E-state index contributed by atoms with van der Waals surface area (Å²) in [4.78, 5) is 12.8. The molecule has 5 aliphatic carbocycles. The van der Waals surface area contributed by atoms with E-state index in [1.807, 2.05) is 0 Å². The van der Waals surface area contributed by atoms with Crippen molar-refractivity contribution < 1.29 is 20.1 Å². The maximum Gasteiger partial charge on any atom is 0.310 e. The fourth-order valence-electron chi connectivity index (χ4n) is 10.8. The predicted octanol–water partition coefficient (Wildman–Crippen LogP) is 6.20. The molecule has 0 spiro atoms. The van der Waals surface area contributed by atoms with Gasteiger partial charge >= 0.3 is 5.97 Å². The molecule has 0 aromatic rings. The largest absolute Gasteiger partial charge is 0.481 e. The Kier molecular flexibility index (Phi) is 5.20. The van der Waals surface area contributed by atoms with Gasteiger partial charge in [-0.15, -0.1) is 0 Å². The lowest BCUT2D eigenvalue weighted by Crippen LogP contribution is -2.67. The lowest BCUT2D eigenvalue weighted by molar-refractivity contribution is -0.231. The molecule has 9 atom stereocenters. The zero-order chi connectivity index (χ0) is 25.1. The Hall–Kier alpha value is -0.870. The molecule has 0 aromatic heterocycles. The number of hydrogen-bond donors (Lipinski definition) is 3. The molecule has 4 nitrogen and oxygen atoms in total. The molecule has 0 aliphatic heterocycles. The Bertz CT molecular complexity index is 919. The number of allylic oxidation sites excluding steroid dienone is 2. The highest BCUT2D eigenvalue weighted by atomic mass is 16.4. The summed E-state index contributed by atoms with van der Waals surface area (Å²) in [5.41, 5.74) is 0.754. The molecule has 0 amide bonds. The quantitative estimate of drug-likeness (QED) is 0.397. The number of carbonyl (C=O) groups is 1. The summed E-state index contributed by atoms with van der Waals surface area (Å²) < 4.78 is 0. The van der Waals surface area contributed by atoms with E-state index in [2.05, 4.69) is 54.5 Å². The van der Waals surface area contributed by atoms with E-state index >= 15 is 0 Å². The summed E-state index contributed by atoms with van der Waals surface area (Å²) in [5.74, 6) is 0.365. The third kappa shape index (κ3) is 2.88. The smallest absolute Gasteiger partial charge is 0.310 e. The van der Waals surface area contributed by atoms with Gasteiger partial charge in [-0.2, -0.15) is 0 Å². The standard InChI is InChI=1S/C30H48O4/c1-25(2)12-14-30(24(33)34)15-13-28(6)18(19(30)16-25)8-9-22-27(5)17-20(31)23(32)26(3,4)21(27)10-11-29(22,28)7/h8,19-23,31-32H,9-17H2,1-7H3,(H,33,34)/t19-,20+,21-,22?,23?,27+,28+,29-,30+/m0/s1. The molecule has 2 unspecified atom stereocenters. The molecule has 5 rings (SSSR count). The second-order valence-corrected chi connectivity index (χ2v) is 15.2. The molecule has 4 saturated carbocycles. The van der Waals surface area contributed by atoms with E-state index in [9.17, 15) is 20.1 Å². The fraction of sp³-hybridized carbons (Fsp3) is 0.900. The topological polar surface area (TPSA) is 77.8 Å². The maximum atomic E-state index is 12.8. The summed E-state index contributed by atoms with van der Waals surface area (Å²) >= 11 is 0. The van der Waals surface area contributed by atoms with Crippen molar-refractivity contribution in [2.75, 3.05) is 0 Å². The van der Waals surface area contributed by atoms with Crippen molar-refractivity contribution >= 4 is 5.97 Å². The number of aliphatic carboxylic acids is 1. The second-order valence-electron chi connectivity index (χ2n) is 15.2. The van der Waals surface area contributed by atoms with Gasteiger partial charge in [0.15, 0.2) is 0 Å². The number of hydrogen-bond acceptors (Lipinski definition) is 3. The minimum Gasteiger partial charge on any atom is -0.481 e. The lowest BCUT2D eigenvalue weighted by Gasteiger charge is -2.71. The zero-order valence-corrected chi connectivity index (χ0v) is 22.6. The van der Waals surface area contributed by atoms with Gasteiger partial charge in [-0.1, -0.05) is 60.1 Å². The molecule has 0 radical (unpaired) electrons. The van der Waals surface area contributed by atoms with Crippen LogP contribution in [0.25, 0.3) is 0 Å². The van der Waals surface area contributed by atoms with Gasteiger partial charge in [-0.05, 0) is 103 Å². The number of aliphatic hydroxyl groups excluding tert-OH is 2. The minimum atomic E-state index is -0.679. The number of fused-ring (bicyclic) bond motifs is 7. The van der Waals surface area contributed by atoms with Gasteiger partial charge in [-0.3, -0.25) is 4.79 Å². The van der Waals surface area contributed by atoms with Crippen molar-refractivity contribution in [1.29, 1.82) is 0 Å². The maximum absolute atomic E-state index is 12.8. The van der Waals surface area contributed by atoms with Crippen molar-refractivity contribution in [3.63, 3.8) is 0 Å². The first-order valence-corrected chi connectivity index (χ1v) is 13.9. The Morgan fingerprint density at radius 3 is 2.18 bits per heavy atom. The number of carboxylic acids is 1. The van der Waals surface area contributed by atoms with Crippen LogP contribution < -0.4 is 0 Å². The highest BCUT2D eigenvalue weighted by molar-refractivity contribution is 5.76. The van der Waals surface area contributed by atoms with E-state index in [-0.39, 0.29) is 33.0 Å². The molecule has 5 aliphatic rings. The summed E-state index contributed by atoms with van der Waals surface area (Å²) in [5, 5.41) is 32.4. The number of rotatable bonds is 1. The average Bonchev–Trinajstić information content (AvgIpc) is 2.72. The first-order chi connectivity index (χ1) is 15.6. The van der Waals surface area contributed by atoms with Gasteiger partial charge in [0.25, 0.3) is 0 Å². The first kappa shape index (κ1) is 24.8. The first-order valence-electron chi connectivity index (χ1n) is 13.9. The Morgan fingerprint density at radius 2 is 1.53 bits per heavy atom. The van der Waals surface area contributed by atoms with E-state index in [0.717, 1.165) is 51.4 Å². The van der Waals surface area contributed by atoms with Gasteiger partial charge in [0.1, 0.15) is 0 Å². The Balaban J connectivity index is 1.61. The van der Waals surface area contributed by atoms with Gasteiger partial charge in [0, 0.05) is 0 Å². The molecule has 0 aromatic carbocycles. The van der Waals surface area contributed by atoms with Crippen molar-refractivity contribution in [1.82, 2.24) is 0 Å². The molecular formula is C30H48O4. The van der Waals surface area contributed by atoms with Crippen LogP contribution in [0.5, 0.6) is 0 Å².